The lowest BCUT2D eigenvalue weighted by molar-refractivity contribution is -0.138. The minimum atomic E-state index is -0.254. The molecule has 7 heteroatoms. The molecule has 2 aromatic carbocycles. The standard InChI is InChI=1S/C24H27N3O4/c1-30-17-16-27-23(28)21(18-8-4-3-5-9-18)22(24(27)29)26-14-12-25(13-15-26)19-10-6-7-11-20(19)31-2/h3-11H,12-17H2,1-2H3. The third-order valence-corrected chi connectivity index (χ3v) is 5.75. The van der Waals surface area contributed by atoms with E-state index in [0.29, 0.717) is 31.0 Å². The van der Waals surface area contributed by atoms with Gasteiger partial charge in [0.05, 0.1) is 31.5 Å². The highest BCUT2D eigenvalue weighted by Gasteiger charge is 2.41. The lowest BCUT2D eigenvalue weighted by atomic mass is 10.0. The van der Waals surface area contributed by atoms with Gasteiger partial charge in [-0.1, -0.05) is 42.5 Å². The largest absolute Gasteiger partial charge is 0.495 e. The molecule has 0 bridgehead atoms. The van der Waals surface area contributed by atoms with E-state index in [1.165, 1.54) is 4.90 Å². The number of hydrogen-bond donors (Lipinski definition) is 0. The Bertz CT molecular complexity index is 981. The van der Waals surface area contributed by atoms with Gasteiger partial charge in [-0.25, -0.2) is 0 Å². The highest BCUT2D eigenvalue weighted by Crippen LogP contribution is 2.34. The molecule has 2 aromatic rings. The van der Waals surface area contributed by atoms with Crippen LogP contribution in [0.5, 0.6) is 5.75 Å². The van der Waals surface area contributed by atoms with Gasteiger partial charge in [-0.05, 0) is 17.7 Å². The van der Waals surface area contributed by atoms with E-state index in [1.54, 1.807) is 14.2 Å². The second-order valence-corrected chi connectivity index (χ2v) is 7.49. The molecule has 0 spiro atoms. The summed E-state index contributed by atoms with van der Waals surface area (Å²) in [7, 11) is 3.23. The predicted molar refractivity (Wildman–Crippen MR) is 119 cm³/mol. The highest BCUT2D eigenvalue weighted by atomic mass is 16.5. The van der Waals surface area contributed by atoms with Crippen LogP contribution in [0.2, 0.25) is 0 Å². The van der Waals surface area contributed by atoms with E-state index in [-0.39, 0.29) is 18.4 Å². The molecule has 0 unspecified atom stereocenters. The number of rotatable bonds is 7. The van der Waals surface area contributed by atoms with Gasteiger partial charge in [0.1, 0.15) is 11.4 Å². The Morgan fingerprint density at radius 1 is 0.806 bits per heavy atom. The van der Waals surface area contributed by atoms with Gasteiger partial charge >= 0.3 is 0 Å². The number of amides is 2. The zero-order chi connectivity index (χ0) is 21.8. The van der Waals surface area contributed by atoms with Gasteiger partial charge in [-0.2, -0.15) is 0 Å². The fourth-order valence-corrected chi connectivity index (χ4v) is 4.17. The van der Waals surface area contributed by atoms with E-state index in [2.05, 4.69) is 4.90 Å². The summed E-state index contributed by atoms with van der Waals surface area (Å²) in [6.45, 7) is 3.29. The summed E-state index contributed by atoms with van der Waals surface area (Å²) in [6, 6.07) is 17.4. The quantitative estimate of drug-likeness (QED) is 0.639. The summed E-state index contributed by atoms with van der Waals surface area (Å²) >= 11 is 0. The van der Waals surface area contributed by atoms with Gasteiger partial charge in [-0.3, -0.25) is 14.5 Å². The summed E-state index contributed by atoms with van der Waals surface area (Å²) in [5.74, 6) is 0.333. The maximum absolute atomic E-state index is 13.3. The van der Waals surface area contributed by atoms with Crippen molar-refractivity contribution in [1.29, 1.82) is 0 Å². The Morgan fingerprint density at radius 3 is 2.13 bits per heavy atom. The molecule has 7 nitrogen and oxygen atoms in total. The van der Waals surface area contributed by atoms with Crippen molar-refractivity contribution in [2.75, 3.05) is 58.5 Å². The minimum Gasteiger partial charge on any atom is -0.495 e. The summed E-state index contributed by atoms with van der Waals surface area (Å²) in [5, 5.41) is 0. The molecule has 0 N–H and O–H groups in total. The van der Waals surface area contributed by atoms with Crippen LogP contribution in [-0.4, -0.2) is 75.2 Å². The molecule has 0 aliphatic carbocycles. The van der Waals surface area contributed by atoms with Crippen LogP contribution in [0, 0.1) is 0 Å². The number of hydrogen-bond acceptors (Lipinski definition) is 6. The zero-order valence-electron chi connectivity index (χ0n) is 17.9. The Kier molecular flexibility index (Phi) is 6.23. The smallest absolute Gasteiger partial charge is 0.277 e. The van der Waals surface area contributed by atoms with Crippen LogP contribution in [0.1, 0.15) is 5.56 Å². The summed E-state index contributed by atoms with van der Waals surface area (Å²) < 4.78 is 10.6. The van der Waals surface area contributed by atoms with Crippen molar-refractivity contribution in [3.63, 3.8) is 0 Å². The van der Waals surface area contributed by atoms with Crippen LogP contribution >= 0.6 is 0 Å². The maximum atomic E-state index is 13.3. The number of benzene rings is 2. The Morgan fingerprint density at radius 2 is 1.45 bits per heavy atom. The first-order valence-corrected chi connectivity index (χ1v) is 10.4. The second kappa shape index (κ2) is 9.22. The third kappa shape index (κ3) is 4.01. The molecule has 1 saturated heterocycles. The van der Waals surface area contributed by atoms with Gasteiger partial charge < -0.3 is 19.3 Å². The Labute approximate surface area is 182 Å². The number of carbonyl (C=O) groups excluding carboxylic acids is 2. The molecular formula is C24H27N3O4. The van der Waals surface area contributed by atoms with Crippen molar-refractivity contribution < 1.29 is 19.1 Å². The van der Waals surface area contributed by atoms with Crippen molar-refractivity contribution in [1.82, 2.24) is 9.80 Å². The van der Waals surface area contributed by atoms with Crippen LogP contribution in [0.3, 0.4) is 0 Å². The number of nitrogens with zero attached hydrogens (tertiary/aromatic N) is 3. The minimum absolute atomic E-state index is 0.244. The van der Waals surface area contributed by atoms with Crippen LogP contribution < -0.4 is 9.64 Å². The number of imide groups is 1. The van der Waals surface area contributed by atoms with Crippen LogP contribution in [-0.2, 0) is 14.3 Å². The van der Waals surface area contributed by atoms with Crippen molar-refractivity contribution in [3.05, 3.63) is 65.9 Å². The van der Waals surface area contributed by atoms with Crippen molar-refractivity contribution in [2.24, 2.45) is 0 Å². The third-order valence-electron chi connectivity index (χ3n) is 5.75. The molecule has 2 aliphatic heterocycles. The first kappa shape index (κ1) is 20.9. The van der Waals surface area contributed by atoms with E-state index in [9.17, 15) is 9.59 Å². The number of piperazine rings is 1. The van der Waals surface area contributed by atoms with Crippen molar-refractivity contribution in [2.45, 2.75) is 0 Å². The average molecular weight is 421 g/mol. The molecule has 4 rings (SSSR count). The van der Waals surface area contributed by atoms with E-state index in [1.807, 2.05) is 59.5 Å². The van der Waals surface area contributed by atoms with E-state index >= 15 is 0 Å². The molecule has 2 heterocycles. The number of anilines is 1. The molecule has 162 valence electrons. The van der Waals surface area contributed by atoms with Crippen LogP contribution in [0.4, 0.5) is 5.69 Å². The first-order chi connectivity index (χ1) is 15.2. The van der Waals surface area contributed by atoms with E-state index in [0.717, 1.165) is 30.1 Å². The normalized spacial score (nSPS) is 17.0. The monoisotopic (exact) mass is 421 g/mol. The fourth-order valence-electron chi connectivity index (χ4n) is 4.17. The summed E-state index contributed by atoms with van der Waals surface area (Å²) in [6.07, 6.45) is 0. The molecule has 1 fully saturated rings. The predicted octanol–water partition coefficient (Wildman–Crippen LogP) is 2.24. The topological polar surface area (TPSA) is 62.3 Å². The van der Waals surface area contributed by atoms with E-state index < -0.39 is 0 Å². The Balaban J connectivity index is 1.61. The number of carbonyl (C=O) groups is 2. The lowest BCUT2D eigenvalue weighted by Gasteiger charge is -2.38. The van der Waals surface area contributed by atoms with E-state index in [4.69, 9.17) is 9.47 Å². The molecule has 0 atom stereocenters. The molecule has 2 aliphatic rings. The van der Waals surface area contributed by atoms with Crippen molar-refractivity contribution >= 4 is 23.1 Å². The summed E-state index contributed by atoms with van der Waals surface area (Å²) in [4.78, 5) is 32.1. The summed E-state index contributed by atoms with van der Waals surface area (Å²) in [5.41, 5.74) is 2.78. The first-order valence-electron chi connectivity index (χ1n) is 10.4. The van der Waals surface area contributed by atoms with Crippen molar-refractivity contribution in [3.8, 4) is 5.75 Å². The molecule has 31 heavy (non-hydrogen) atoms. The number of ether oxygens (including phenoxy) is 2. The lowest BCUT2D eigenvalue weighted by Crippen LogP contribution is -2.48. The van der Waals surface area contributed by atoms with Gasteiger partial charge in [-0.15, -0.1) is 0 Å². The fraction of sp³-hybridized carbons (Fsp3) is 0.333. The molecule has 0 aromatic heterocycles. The SMILES string of the molecule is COCCN1C(=O)C(c2ccccc2)=C(N2CCN(c3ccccc3OC)CC2)C1=O. The molecule has 0 saturated carbocycles. The molecule has 2 amide bonds. The Hall–Kier alpha value is -3.32. The number of methoxy groups -OCH3 is 2. The van der Waals surface area contributed by atoms with Gasteiger partial charge in [0.2, 0.25) is 0 Å². The van der Waals surface area contributed by atoms with Crippen LogP contribution in [0.25, 0.3) is 5.57 Å². The highest BCUT2D eigenvalue weighted by molar-refractivity contribution is 6.35. The number of para-hydroxylation sites is 2. The maximum Gasteiger partial charge on any atom is 0.277 e. The average Bonchev–Trinajstić information content (AvgIpc) is 3.07. The molecule has 0 radical (unpaired) electrons. The second-order valence-electron chi connectivity index (χ2n) is 7.49. The molecular weight excluding hydrogens is 394 g/mol. The van der Waals surface area contributed by atoms with Gasteiger partial charge in [0.15, 0.2) is 0 Å². The van der Waals surface area contributed by atoms with Gasteiger partial charge in [0.25, 0.3) is 11.8 Å². The van der Waals surface area contributed by atoms with Crippen LogP contribution in [0.15, 0.2) is 60.3 Å². The zero-order valence-corrected chi connectivity index (χ0v) is 17.9. The van der Waals surface area contributed by atoms with Gasteiger partial charge in [0, 0.05) is 33.3 Å².